The minimum Gasteiger partial charge on any atom is -0.478 e. The molecule has 1 heterocycles. The third-order valence-electron chi connectivity index (χ3n) is 4.19. The number of carboxylic acids is 1. The number of fused-ring (bicyclic) bond motifs is 2. The Morgan fingerprint density at radius 2 is 2.35 bits per heavy atom. The summed E-state index contributed by atoms with van der Waals surface area (Å²) in [7, 11) is 0. The largest absolute Gasteiger partial charge is 0.478 e. The zero-order valence-electron chi connectivity index (χ0n) is 9.90. The van der Waals surface area contributed by atoms with E-state index in [0.717, 1.165) is 31.4 Å². The Labute approximate surface area is 100 Å². The molecule has 0 amide bonds. The van der Waals surface area contributed by atoms with Crippen molar-refractivity contribution in [2.45, 2.75) is 31.8 Å². The van der Waals surface area contributed by atoms with Crippen LogP contribution >= 0.6 is 0 Å². The summed E-state index contributed by atoms with van der Waals surface area (Å²) >= 11 is 0. The molecule has 90 valence electrons. The normalized spacial score (nSPS) is 30.8. The standard InChI is InChI=1S/C14H16O3/c1-9-8-17-14(9)6-2-3-10-7-11(13(15)16)4-5-12(10)14/h4-5,7,9H,2-3,6,8H2,1H3,(H,15,16)/t9?,14-/m0/s1. The van der Waals surface area contributed by atoms with E-state index in [1.54, 1.807) is 6.07 Å². The molecule has 1 aliphatic carbocycles. The summed E-state index contributed by atoms with van der Waals surface area (Å²) in [6.45, 7) is 3.03. The van der Waals surface area contributed by atoms with E-state index in [4.69, 9.17) is 9.84 Å². The highest BCUT2D eigenvalue weighted by atomic mass is 16.5. The minimum absolute atomic E-state index is 0.120. The highest BCUT2D eigenvalue weighted by Gasteiger charge is 2.49. The molecule has 0 aromatic heterocycles. The molecule has 0 saturated carbocycles. The van der Waals surface area contributed by atoms with Crippen molar-refractivity contribution < 1.29 is 14.6 Å². The predicted octanol–water partition coefficient (Wildman–Crippen LogP) is 2.58. The van der Waals surface area contributed by atoms with Crippen molar-refractivity contribution in [3.8, 4) is 0 Å². The monoisotopic (exact) mass is 232 g/mol. The lowest BCUT2D eigenvalue weighted by atomic mass is 9.69. The third kappa shape index (κ3) is 1.42. The van der Waals surface area contributed by atoms with Gasteiger partial charge in [0.2, 0.25) is 0 Å². The first-order valence-corrected chi connectivity index (χ1v) is 6.14. The third-order valence-corrected chi connectivity index (χ3v) is 4.19. The lowest BCUT2D eigenvalue weighted by Gasteiger charge is -2.51. The second-order valence-electron chi connectivity index (χ2n) is 5.13. The Balaban J connectivity index is 2.07. The van der Waals surface area contributed by atoms with Crippen molar-refractivity contribution in [2.75, 3.05) is 6.61 Å². The average Bonchev–Trinajstić information content (AvgIpc) is 2.35. The van der Waals surface area contributed by atoms with E-state index >= 15 is 0 Å². The Morgan fingerprint density at radius 1 is 1.53 bits per heavy atom. The number of aromatic carboxylic acids is 1. The SMILES string of the molecule is CC1CO[C@@]12CCCc1cc(C(=O)O)ccc12. The molecule has 17 heavy (non-hydrogen) atoms. The molecule has 2 atom stereocenters. The average molecular weight is 232 g/mol. The smallest absolute Gasteiger partial charge is 0.335 e. The highest BCUT2D eigenvalue weighted by Crippen LogP contribution is 2.50. The van der Waals surface area contributed by atoms with Gasteiger partial charge in [-0.3, -0.25) is 0 Å². The van der Waals surface area contributed by atoms with E-state index in [-0.39, 0.29) is 5.60 Å². The van der Waals surface area contributed by atoms with Crippen LogP contribution in [0.3, 0.4) is 0 Å². The van der Waals surface area contributed by atoms with Gasteiger partial charge in [-0.15, -0.1) is 0 Å². The fourth-order valence-electron chi connectivity index (χ4n) is 3.14. The summed E-state index contributed by atoms with van der Waals surface area (Å²) in [5.41, 5.74) is 2.63. The molecule has 1 fully saturated rings. The Morgan fingerprint density at radius 3 is 2.94 bits per heavy atom. The van der Waals surface area contributed by atoms with Gasteiger partial charge in [0.25, 0.3) is 0 Å². The van der Waals surface area contributed by atoms with E-state index < -0.39 is 5.97 Å². The van der Waals surface area contributed by atoms with E-state index in [1.807, 2.05) is 12.1 Å². The van der Waals surface area contributed by atoms with Crippen LogP contribution < -0.4 is 0 Å². The van der Waals surface area contributed by atoms with Crippen molar-refractivity contribution >= 4 is 5.97 Å². The zero-order valence-corrected chi connectivity index (χ0v) is 9.90. The summed E-state index contributed by atoms with van der Waals surface area (Å²) in [6.07, 6.45) is 3.11. The molecule has 2 aliphatic rings. The molecule has 0 radical (unpaired) electrons. The molecular formula is C14H16O3. The number of hydrogen-bond acceptors (Lipinski definition) is 2. The van der Waals surface area contributed by atoms with Crippen LogP contribution in [0.4, 0.5) is 0 Å². The van der Waals surface area contributed by atoms with Gasteiger partial charge in [-0.05, 0) is 42.5 Å². The molecule has 0 bridgehead atoms. The molecule has 1 aromatic carbocycles. The van der Waals surface area contributed by atoms with Crippen molar-refractivity contribution in [3.05, 3.63) is 34.9 Å². The molecule has 1 unspecified atom stereocenters. The molecule has 1 aliphatic heterocycles. The number of benzene rings is 1. The van der Waals surface area contributed by atoms with Gasteiger partial charge in [0.1, 0.15) is 0 Å². The van der Waals surface area contributed by atoms with E-state index in [2.05, 4.69) is 6.92 Å². The lowest BCUT2D eigenvalue weighted by molar-refractivity contribution is -0.213. The molecule has 1 aromatic rings. The topological polar surface area (TPSA) is 46.5 Å². The van der Waals surface area contributed by atoms with Gasteiger partial charge in [-0.2, -0.15) is 0 Å². The second-order valence-corrected chi connectivity index (χ2v) is 5.13. The molecule has 3 rings (SSSR count). The molecule has 3 nitrogen and oxygen atoms in total. The Kier molecular flexibility index (Phi) is 2.26. The van der Waals surface area contributed by atoms with Gasteiger partial charge in [0.05, 0.1) is 17.8 Å². The van der Waals surface area contributed by atoms with Crippen molar-refractivity contribution in [1.82, 2.24) is 0 Å². The van der Waals surface area contributed by atoms with Crippen LogP contribution in [-0.4, -0.2) is 17.7 Å². The Bertz CT molecular complexity index is 480. The molecule has 1 spiro atoms. The number of hydrogen-bond donors (Lipinski definition) is 1. The van der Waals surface area contributed by atoms with Crippen LogP contribution in [0, 0.1) is 5.92 Å². The first kappa shape index (κ1) is 10.8. The number of rotatable bonds is 1. The van der Waals surface area contributed by atoms with Crippen LogP contribution in [-0.2, 0) is 16.8 Å². The van der Waals surface area contributed by atoms with Crippen molar-refractivity contribution in [3.63, 3.8) is 0 Å². The maximum absolute atomic E-state index is 11.0. The second kappa shape index (κ2) is 3.57. The minimum atomic E-state index is -0.852. The predicted molar refractivity (Wildman–Crippen MR) is 63.1 cm³/mol. The summed E-state index contributed by atoms with van der Waals surface area (Å²) in [4.78, 5) is 11.0. The van der Waals surface area contributed by atoms with Crippen LogP contribution in [0.2, 0.25) is 0 Å². The van der Waals surface area contributed by atoms with Gasteiger partial charge in [-0.1, -0.05) is 13.0 Å². The van der Waals surface area contributed by atoms with E-state index in [1.165, 1.54) is 5.56 Å². The van der Waals surface area contributed by atoms with Crippen LogP contribution in [0.5, 0.6) is 0 Å². The fourth-order valence-corrected chi connectivity index (χ4v) is 3.14. The van der Waals surface area contributed by atoms with E-state index in [0.29, 0.717) is 11.5 Å². The number of carbonyl (C=O) groups is 1. The van der Waals surface area contributed by atoms with Crippen molar-refractivity contribution in [1.29, 1.82) is 0 Å². The van der Waals surface area contributed by atoms with Gasteiger partial charge in [0, 0.05) is 5.92 Å². The first-order chi connectivity index (χ1) is 8.13. The number of aryl methyl sites for hydroxylation is 1. The number of carboxylic acid groups (broad SMARTS) is 1. The Hall–Kier alpha value is -1.35. The van der Waals surface area contributed by atoms with Gasteiger partial charge < -0.3 is 9.84 Å². The van der Waals surface area contributed by atoms with Gasteiger partial charge >= 0.3 is 5.97 Å². The molecule has 1 saturated heterocycles. The van der Waals surface area contributed by atoms with Gasteiger partial charge in [-0.25, -0.2) is 4.79 Å². The van der Waals surface area contributed by atoms with Gasteiger partial charge in [0.15, 0.2) is 0 Å². The molecular weight excluding hydrogens is 216 g/mol. The summed E-state index contributed by atoms with van der Waals surface area (Å²) in [5.74, 6) is -0.313. The van der Waals surface area contributed by atoms with Crippen LogP contribution in [0.15, 0.2) is 18.2 Å². The van der Waals surface area contributed by atoms with Crippen molar-refractivity contribution in [2.24, 2.45) is 5.92 Å². The number of ether oxygens (including phenoxy) is 1. The molecule has 3 heteroatoms. The fraction of sp³-hybridized carbons (Fsp3) is 0.500. The van der Waals surface area contributed by atoms with Crippen LogP contribution in [0.1, 0.15) is 41.3 Å². The lowest BCUT2D eigenvalue weighted by Crippen LogP contribution is -2.51. The zero-order chi connectivity index (χ0) is 12.0. The maximum atomic E-state index is 11.0. The molecule has 1 N–H and O–H groups in total. The van der Waals surface area contributed by atoms with Crippen LogP contribution in [0.25, 0.3) is 0 Å². The summed E-state index contributed by atoms with van der Waals surface area (Å²) < 4.78 is 5.85. The first-order valence-electron chi connectivity index (χ1n) is 6.14. The van der Waals surface area contributed by atoms with E-state index in [9.17, 15) is 4.79 Å². The quantitative estimate of drug-likeness (QED) is 0.809. The highest BCUT2D eigenvalue weighted by molar-refractivity contribution is 5.88. The maximum Gasteiger partial charge on any atom is 0.335 e. The summed E-state index contributed by atoms with van der Waals surface area (Å²) in [5, 5.41) is 9.01. The summed E-state index contributed by atoms with van der Waals surface area (Å²) in [6, 6.07) is 5.46.